The Morgan fingerprint density at radius 2 is 1.45 bits per heavy atom. The molecule has 0 fully saturated rings. The molecule has 0 saturated heterocycles. The van der Waals surface area contributed by atoms with Gasteiger partial charge in [-0.1, -0.05) is 0 Å². The molecule has 0 spiro atoms. The first-order chi connectivity index (χ1) is 4.00. The Morgan fingerprint density at radius 3 is 1.55 bits per heavy atom. The number of halogens is 2. The fraction of sp³-hybridized carbons (Fsp3) is 0.125. The molecule has 0 aromatic heterocycles. The van der Waals surface area contributed by atoms with Crippen LogP contribution >= 0.6 is 0 Å². The summed E-state index contributed by atoms with van der Waals surface area (Å²) in [5.74, 6) is 0. The molecule has 1 aliphatic carbocycles. The third-order valence-electron chi connectivity index (χ3n) is 0.760. The van der Waals surface area contributed by atoms with Crippen molar-refractivity contribution in [3.63, 3.8) is 0 Å². The third-order valence-corrected chi connectivity index (χ3v) is 0.760. The van der Waals surface area contributed by atoms with Gasteiger partial charge in [-0.2, -0.15) is 18.2 Å². The van der Waals surface area contributed by atoms with Crippen LogP contribution in [0, 0.1) is 6.08 Å². The molecule has 0 amide bonds. The van der Waals surface area contributed by atoms with Crippen molar-refractivity contribution in [3.05, 3.63) is 42.5 Å². The van der Waals surface area contributed by atoms with E-state index >= 15 is 0 Å². The maximum absolute atomic E-state index is 2.88. The number of rotatable bonds is 0. The summed E-state index contributed by atoms with van der Waals surface area (Å²) in [6.07, 6.45) is 6.00. The fourth-order valence-electron chi connectivity index (χ4n) is 0.321. The van der Waals surface area contributed by atoms with Crippen LogP contribution in [0.4, 0.5) is 0 Å². The van der Waals surface area contributed by atoms with E-state index < -0.39 is 0 Å². The molecule has 0 N–H and O–H groups in total. The van der Waals surface area contributed by atoms with E-state index in [4.69, 9.17) is 0 Å². The van der Waals surface area contributed by atoms with Gasteiger partial charge in [0.05, 0.1) is 0 Å². The Bertz CT molecular complexity index is 126. The minimum Gasteiger partial charge on any atom is -1.00 e. The van der Waals surface area contributed by atoms with Crippen molar-refractivity contribution in [2.24, 2.45) is 0 Å². The van der Waals surface area contributed by atoms with E-state index in [1.165, 1.54) is 0 Å². The standard InChI is InChI=1S/C5H5.C3H3.2ClH.Zr/c1-2-4-5-3-1;1-2-3-1;;;/h1-5H;1H,2H2;2*1H;/q2*-1;;;+4/p-2. The predicted molar refractivity (Wildman–Crippen MR) is 34.5 cm³/mol. The van der Waals surface area contributed by atoms with Crippen LogP contribution in [0.1, 0.15) is 6.42 Å². The van der Waals surface area contributed by atoms with Gasteiger partial charge in [0.1, 0.15) is 0 Å². The smallest absolute Gasteiger partial charge is 1.00 e. The van der Waals surface area contributed by atoms with Crippen molar-refractivity contribution in [1.82, 2.24) is 0 Å². The Labute approximate surface area is 99.4 Å². The zero-order valence-corrected chi connectivity index (χ0v) is 9.90. The molecule has 0 nitrogen and oxygen atoms in total. The van der Waals surface area contributed by atoms with Gasteiger partial charge in [-0.15, -0.1) is 0 Å². The van der Waals surface area contributed by atoms with E-state index in [0.717, 1.165) is 6.42 Å². The Hall–Kier alpha value is 0.553. The van der Waals surface area contributed by atoms with Gasteiger partial charge in [0.15, 0.2) is 0 Å². The molecule has 0 bridgehead atoms. The van der Waals surface area contributed by atoms with E-state index in [1.807, 2.05) is 36.4 Å². The second kappa shape index (κ2) is 13.2. The molecule has 3 heteroatoms. The molecule has 11 heavy (non-hydrogen) atoms. The molecule has 0 unspecified atom stereocenters. The van der Waals surface area contributed by atoms with Crippen LogP contribution in [0.15, 0.2) is 36.4 Å². The van der Waals surface area contributed by atoms with Crippen molar-refractivity contribution >= 4 is 0 Å². The molecule has 0 aliphatic heterocycles. The molecule has 0 radical (unpaired) electrons. The van der Waals surface area contributed by atoms with Crippen LogP contribution in [0.3, 0.4) is 0 Å². The van der Waals surface area contributed by atoms with Gasteiger partial charge in [-0.3, -0.25) is 6.08 Å². The van der Waals surface area contributed by atoms with Crippen LogP contribution in [-0.4, -0.2) is 0 Å². The summed E-state index contributed by atoms with van der Waals surface area (Å²) in [5.41, 5.74) is 0. The van der Waals surface area contributed by atoms with Crippen molar-refractivity contribution in [2.75, 3.05) is 0 Å². The Kier molecular flexibility index (Phi) is 21.0. The largest absolute Gasteiger partial charge is 4.00 e. The summed E-state index contributed by atoms with van der Waals surface area (Å²) in [5, 5.41) is 0. The van der Waals surface area contributed by atoms with E-state index in [9.17, 15) is 0 Å². The van der Waals surface area contributed by atoms with Crippen LogP contribution < -0.4 is 24.8 Å². The monoisotopic (exact) mass is 264 g/mol. The van der Waals surface area contributed by atoms with Gasteiger partial charge in [-0.25, -0.2) is 18.6 Å². The molecule has 0 saturated carbocycles. The van der Waals surface area contributed by atoms with Gasteiger partial charge < -0.3 is 30.9 Å². The summed E-state index contributed by atoms with van der Waals surface area (Å²) in [6.45, 7) is 0. The zero-order chi connectivity index (χ0) is 5.66. The van der Waals surface area contributed by atoms with Crippen molar-refractivity contribution in [1.29, 1.82) is 0 Å². The van der Waals surface area contributed by atoms with Crippen LogP contribution in [-0.2, 0) is 26.2 Å². The van der Waals surface area contributed by atoms with Crippen molar-refractivity contribution in [2.45, 2.75) is 6.42 Å². The van der Waals surface area contributed by atoms with Gasteiger partial charge in [-0.05, 0) is 0 Å². The van der Waals surface area contributed by atoms with Gasteiger partial charge in [0.2, 0.25) is 0 Å². The molecule has 1 aliphatic rings. The van der Waals surface area contributed by atoms with Gasteiger partial charge in [0.25, 0.3) is 0 Å². The minimum atomic E-state index is 0. The number of hydrogen-bond donors (Lipinski definition) is 0. The molecule has 1 aromatic carbocycles. The van der Waals surface area contributed by atoms with Crippen LogP contribution in [0.5, 0.6) is 0 Å². The molecule has 58 valence electrons. The molecule has 0 heterocycles. The summed E-state index contributed by atoms with van der Waals surface area (Å²) < 4.78 is 0. The molecule has 0 atom stereocenters. The average molecular weight is 266 g/mol. The number of allylic oxidation sites excluding steroid dienone is 2. The van der Waals surface area contributed by atoms with Crippen molar-refractivity contribution in [3.8, 4) is 0 Å². The Balaban J connectivity index is -0.0000000967. The second-order valence-corrected chi connectivity index (χ2v) is 1.57. The van der Waals surface area contributed by atoms with Gasteiger partial charge >= 0.3 is 26.2 Å². The molecule has 2 rings (SSSR count). The molecule has 1 aromatic rings. The van der Waals surface area contributed by atoms with Crippen LogP contribution in [0.25, 0.3) is 0 Å². The van der Waals surface area contributed by atoms with E-state index in [0.29, 0.717) is 0 Å². The fourth-order valence-corrected chi connectivity index (χ4v) is 0.321. The third kappa shape index (κ3) is 18.0. The minimum absolute atomic E-state index is 0. The maximum Gasteiger partial charge on any atom is 4.00 e. The molecular weight excluding hydrogens is 258 g/mol. The maximum atomic E-state index is 2.88. The topological polar surface area (TPSA) is 0 Å². The normalized spacial score (nSPS) is 8.73. The summed E-state index contributed by atoms with van der Waals surface area (Å²) >= 11 is 0. The predicted octanol–water partition coefficient (Wildman–Crippen LogP) is -3.84. The molecular formula is C8H8Cl2Zr. The van der Waals surface area contributed by atoms with Crippen LogP contribution in [0.2, 0.25) is 0 Å². The summed E-state index contributed by atoms with van der Waals surface area (Å²) in [7, 11) is 0. The Morgan fingerprint density at radius 1 is 1.09 bits per heavy atom. The van der Waals surface area contributed by atoms with Gasteiger partial charge in [0, 0.05) is 0 Å². The second-order valence-electron chi connectivity index (χ2n) is 1.57. The van der Waals surface area contributed by atoms with E-state index in [2.05, 4.69) is 6.08 Å². The van der Waals surface area contributed by atoms with Crippen molar-refractivity contribution < 1.29 is 51.0 Å². The zero-order valence-electron chi connectivity index (χ0n) is 5.93. The number of hydrogen-bond acceptors (Lipinski definition) is 0. The summed E-state index contributed by atoms with van der Waals surface area (Å²) in [4.78, 5) is 0. The van der Waals surface area contributed by atoms with E-state index in [1.54, 1.807) is 0 Å². The first kappa shape index (κ1) is 17.6. The SMILES string of the molecule is [C-]1=CC1.[Cl-].[Cl-].[Zr+4].c1cc[cH-]c1. The quantitative estimate of drug-likeness (QED) is 0.422. The van der Waals surface area contributed by atoms with E-state index in [-0.39, 0.29) is 51.0 Å². The first-order valence-electron chi connectivity index (χ1n) is 2.72. The summed E-state index contributed by atoms with van der Waals surface area (Å²) in [6, 6.07) is 10.0. The average Bonchev–Trinajstić information content (AvgIpc) is 2.55. The first-order valence-corrected chi connectivity index (χ1v) is 2.72.